The summed E-state index contributed by atoms with van der Waals surface area (Å²) in [5, 5.41) is 0. The highest BCUT2D eigenvalue weighted by Crippen LogP contribution is 2.34. The Kier molecular flexibility index (Phi) is 2.53. The number of hydrogen-bond acceptors (Lipinski definition) is 1. The lowest BCUT2D eigenvalue weighted by Crippen LogP contribution is -2.27. The molecule has 0 saturated heterocycles. The number of amides is 1. The first-order valence-electron chi connectivity index (χ1n) is 4.41. The van der Waals surface area contributed by atoms with Crippen LogP contribution in [0.25, 0.3) is 0 Å². The second-order valence-corrected chi connectivity index (χ2v) is 3.80. The summed E-state index contributed by atoms with van der Waals surface area (Å²) in [4.78, 5) is 10.9. The van der Waals surface area contributed by atoms with E-state index in [-0.39, 0.29) is 11.3 Å². The molecule has 0 aromatic heterocycles. The average molecular weight is 154 g/mol. The lowest BCUT2D eigenvalue weighted by molar-refractivity contribution is -0.128. The fourth-order valence-electron chi connectivity index (χ4n) is 1.74. The molecule has 0 spiro atoms. The zero-order chi connectivity index (χ0) is 8.32. The fraction of sp³-hybridized carbons (Fsp3) is 0.889. The number of rotatable bonds is 1. The van der Waals surface area contributed by atoms with Gasteiger partial charge in [0.25, 0.3) is 0 Å². The molecule has 1 fully saturated rings. The predicted octanol–water partition coefficient (Wildman–Crippen LogP) is 2.16. The van der Waals surface area contributed by atoms with E-state index in [1.807, 2.05) is 6.92 Å². The lowest BCUT2D eigenvalue weighted by Gasteiger charge is -2.22. The van der Waals surface area contributed by atoms with Gasteiger partial charge in [0, 0.05) is 5.41 Å². The molecule has 0 unspecified atom stereocenters. The van der Waals surface area contributed by atoms with Gasteiger partial charge in [-0.2, -0.15) is 0 Å². The van der Waals surface area contributed by atoms with Crippen molar-refractivity contribution in [1.29, 1.82) is 0 Å². The lowest BCUT2D eigenvalue weighted by atomic mass is 9.82. The standard InChI is InChI=1S/C9H16NO/c1-9(8(10)11)6-4-2-3-5-7-9/h10H,2-7H2,1H3. The SMILES string of the molecule is CC1(C([NH])=O)CCCCCC1. The fourth-order valence-corrected chi connectivity index (χ4v) is 1.74. The minimum Gasteiger partial charge on any atom is -0.273 e. The molecule has 1 radical (unpaired) electrons. The number of hydrogen-bond donors (Lipinski definition) is 0. The van der Waals surface area contributed by atoms with E-state index in [1.165, 1.54) is 12.8 Å². The van der Waals surface area contributed by atoms with Crippen molar-refractivity contribution < 1.29 is 4.79 Å². The molecule has 11 heavy (non-hydrogen) atoms. The predicted molar refractivity (Wildman–Crippen MR) is 43.9 cm³/mol. The molecule has 1 N–H and O–H groups in total. The molecule has 0 aromatic rings. The molecule has 0 bridgehead atoms. The molecule has 1 amide bonds. The van der Waals surface area contributed by atoms with E-state index in [1.54, 1.807) is 0 Å². The monoisotopic (exact) mass is 154 g/mol. The van der Waals surface area contributed by atoms with Crippen molar-refractivity contribution in [1.82, 2.24) is 5.73 Å². The van der Waals surface area contributed by atoms with Crippen LogP contribution in [0.1, 0.15) is 45.4 Å². The normalized spacial score (nSPS) is 24.1. The van der Waals surface area contributed by atoms with Crippen LogP contribution < -0.4 is 5.73 Å². The zero-order valence-corrected chi connectivity index (χ0v) is 7.15. The molecule has 1 aliphatic rings. The van der Waals surface area contributed by atoms with Gasteiger partial charge in [-0.25, -0.2) is 0 Å². The minimum atomic E-state index is -0.362. The summed E-state index contributed by atoms with van der Waals surface area (Å²) in [5.41, 5.74) is 6.82. The summed E-state index contributed by atoms with van der Waals surface area (Å²) in [5.74, 6) is -0.362. The summed E-state index contributed by atoms with van der Waals surface area (Å²) in [6, 6.07) is 0. The molecule has 2 heteroatoms. The Morgan fingerprint density at radius 2 is 1.64 bits per heavy atom. The summed E-state index contributed by atoms with van der Waals surface area (Å²) >= 11 is 0. The van der Waals surface area contributed by atoms with Crippen molar-refractivity contribution in [2.75, 3.05) is 0 Å². The van der Waals surface area contributed by atoms with E-state index in [9.17, 15) is 4.79 Å². The molecule has 0 heterocycles. The Labute approximate surface area is 68.2 Å². The Morgan fingerprint density at radius 1 is 1.18 bits per heavy atom. The van der Waals surface area contributed by atoms with Crippen LogP contribution >= 0.6 is 0 Å². The van der Waals surface area contributed by atoms with Crippen molar-refractivity contribution in [3.8, 4) is 0 Å². The molecule has 0 aliphatic heterocycles. The number of carbonyl (C=O) groups is 1. The third-order valence-electron chi connectivity index (χ3n) is 2.76. The van der Waals surface area contributed by atoms with Gasteiger partial charge in [0.05, 0.1) is 0 Å². The second kappa shape index (κ2) is 3.24. The van der Waals surface area contributed by atoms with Crippen LogP contribution in [-0.4, -0.2) is 5.91 Å². The average Bonchev–Trinajstić information content (AvgIpc) is 2.15. The Bertz CT molecular complexity index is 146. The van der Waals surface area contributed by atoms with Crippen LogP contribution in [0.5, 0.6) is 0 Å². The molecule has 1 aliphatic carbocycles. The maximum absolute atomic E-state index is 10.9. The minimum absolute atomic E-state index is 0.309. The van der Waals surface area contributed by atoms with Crippen LogP contribution in [0, 0.1) is 5.41 Å². The van der Waals surface area contributed by atoms with E-state index in [0.717, 1.165) is 25.7 Å². The van der Waals surface area contributed by atoms with Crippen LogP contribution in [0.2, 0.25) is 0 Å². The Balaban J connectivity index is 2.59. The molecule has 1 saturated carbocycles. The van der Waals surface area contributed by atoms with Crippen molar-refractivity contribution in [2.24, 2.45) is 5.41 Å². The molecule has 0 aromatic carbocycles. The van der Waals surface area contributed by atoms with Crippen molar-refractivity contribution in [2.45, 2.75) is 45.4 Å². The summed E-state index contributed by atoms with van der Waals surface area (Å²) < 4.78 is 0. The first-order valence-corrected chi connectivity index (χ1v) is 4.41. The van der Waals surface area contributed by atoms with E-state index in [4.69, 9.17) is 5.73 Å². The van der Waals surface area contributed by atoms with E-state index in [2.05, 4.69) is 0 Å². The smallest absolute Gasteiger partial charge is 0.244 e. The first-order chi connectivity index (χ1) is 5.15. The van der Waals surface area contributed by atoms with E-state index < -0.39 is 0 Å². The van der Waals surface area contributed by atoms with Gasteiger partial charge in [0.15, 0.2) is 0 Å². The van der Waals surface area contributed by atoms with Crippen molar-refractivity contribution >= 4 is 5.91 Å². The largest absolute Gasteiger partial charge is 0.273 e. The first kappa shape index (κ1) is 8.57. The molecular weight excluding hydrogens is 138 g/mol. The highest BCUT2D eigenvalue weighted by atomic mass is 16.1. The summed E-state index contributed by atoms with van der Waals surface area (Å²) in [6.45, 7) is 1.94. The van der Waals surface area contributed by atoms with Gasteiger partial charge in [0.1, 0.15) is 0 Å². The van der Waals surface area contributed by atoms with Crippen LogP contribution in [0.3, 0.4) is 0 Å². The van der Waals surface area contributed by atoms with Gasteiger partial charge in [-0.05, 0) is 12.8 Å². The summed E-state index contributed by atoms with van der Waals surface area (Å²) in [6.07, 6.45) is 6.58. The second-order valence-electron chi connectivity index (χ2n) is 3.80. The molecule has 1 rings (SSSR count). The highest BCUT2D eigenvalue weighted by Gasteiger charge is 2.31. The summed E-state index contributed by atoms with van der Waals surface area (Å²) in [7, 11) is 0. The van der Waals surface area contributed by atoms with Gasteiger partial charge in [-0.3, -0.25) is 10.5 Å². The number of nitrogens with one attached hydrogen (secondary N) is 1. The highest BCUT2D eigenvalue weighted by molar-refractivity contribution is 5.79. The molecule has 2 nitrogen and oxygen atoms in total. The van der Waals surface area contributed by atoms with Crippen molar-refractivity contribution in [3.05, 3.63) is 0 Å². The van der Waals surface area contributed by atoms with Gasteiger partial charge >= 0.3 is 0 Å². The van der Waals surface area contributed by atoms with E-state index >= 15 is 0 Å². The molecular formula is C9H16NO. The van der Waals surface area contributed by atoms with Crippen LogP contribution in [0.4, 0.5) is 0 Å². The Morgan fingerprint density at radius 3 is 2.00 bits per heavy atom. The molecule has 0 atom stereocenters. The Hall–Kier alpha value is -0.530. The topological polar surface area (TPSA) is 40.9 Å². The van der Waals surface area contributed by atoms with Gasteiger partial charge in [0.2, 0.25) is 5.91 Å². The van der Waals surface area contributed by atoms with Crippen molar-refractivity contribution in [3.63, 3.8) is 0 Å². The number of carbonyl (C=O) groups excluding carboxylic acids is 1. The van der Waals surface area contributed by atoms with E-state index in [0.29, 0.717) is 0 Å². The quantitative estimate of drug-likeness (QED) is 0.533. The van der Waals surface area contributed by atoms with Gasteiger partial charge in [-0.15, -0.1) is 0 Å². The van der Waals surface area contributed by atoms with Crippen LogP contribution in [-0.2, 0) is 4.79 Å². The zero-order valence-electron chi connectivity index (χ0n) is 7.15. The third-order valence-corrected chi connectivity index (χ3v) is 2.76. The maximum atomic E-state index is 10.9. The van der Waals surface area contributed by atoms with Gasteiger partial charge < -0.3 is 0 Å². The maximum Gasteiger partial charge on any atom is 0.244 e. The van der Waals surface area contributed by atoms with Gasteiger partial charge in [-0.1, -0.05) is 32.6 Å². The molecule has 63 valence electrons. The van der Waals surface area contributed by atoms with Crippen LogP contribution in [0.15, 0.2) is 0 Å². The third kappa shape index (κ3) is 1.95.